The Bertz CT molecular complexity index is 228. The molecule has 0 aliphatic heterocycles. The van der Waals surface area contributed by atoms with Crippen LogP contribution >= 0.6 is 0 Å². The van der Waals surface area contributed by atoms with Gasteiger partial charge in [-0.3, -0.25) is 4.90 Å². The van der Waals surface area contributed by atoms with E-state index < -0.39 is 0 Å². The first-order valence-corrected chi connectivity index (χ1v) is 4.86. The Morgan fingerprint density at radius 2 is 2.23 bits per heavy atom. The molecule has 0 unspecified atom stereocenters. The molecule has 1 aromatic heterocycles. The summed E-state index contributed by atoms with van der Waals surface area (Å²) in [6, 6.07) is 0.403. The van der Waals surface area contributed by atoms with Crippen molar-refractivity contribution in [3.05, 3.63) is 18.2 Å². The molecule has 3 nitrogen and oxygen atoms in total. The summed E-state index contributed by atoms with van der Waals surface area (Å²) in [6.07, 6.45) is 3.70. The van der Waals surface area contributed by atoms with Crippen LogP contribution in [0.4, 0.5) is 0 Å². The molecule has 74 valence electrons. The molecule has 0 aromatic carbocycles. The Morgan fingerprint density at radius 1 is 1.54 bits per heavy atom. The lowest BCUT2D eigenvalue weighted by atomic mass is 10.0. The Kier molecular flexibility index (Phi) is 3.48. The van der Waals surface area contributed by atoms with Gasteiger partial charge in [0.15, 0.2) is 0 Å². The number of rotatable bonds is 4. The van der Waals surface area contributed by atoms with E-state index >= 15 is 0 Å². The molecule has 0 saturated heterocycles. The van der Waals surface area contributed by atoms with Crippen molar-refractivity contribution in [1.29, 1.82) is 0 Å². The average molecular weight is 181 g/mol. The maximum atomic E-state index is 4.31. The van der Waals surface area contributed by atoms with Crippen LogP contribution in [-0.2, 0) is 0 Å². The lowest BCUT2D eigenvalue weighted by molar-refractivity contribution is 0.195. The molecule has 0 aliphatic carbocycles. The number of aromatic nitrogens is 2. The van der Waals surface area contributed by atoms with Crippen LogP contribution < -0.4 is 0 Å². The second kappa shape index (κ2) is 4.42. The molecule has 0 aliphatic rings. The summed E-state index contributed by atoms with van der Waals surface area (Å²) in [4.78, 5) is 9.80. The predicted octanol–water partition coefficient (Wildman–Crippen LogP) is 2.06. The SMILES string of the molecule is CCN(C)[C@H](c1ncc[nH]1)C(C)C. The van der Waals surface area contributed by atoms with Crippen molar-refractivity contribution in [3.63, 3.8) is 0 Å². The number of H-pyrrole nitrogens is 1. The van der Waals surface area contributed by atoms with Crippen molar-refractivity contribution in [3.8, 4) is 0 Å². The molecule has 13 heavy (non-hydrogen) atoms. The molecule has 0 amide bonds. The van der Waals surface area contributed by atoms with Gasteiger partial charge >= 0.3 is 0 Å². The molecule has 1 aromatic rings. The highest BCUT2D eigenvalue weighted by Crippen LogP contribution is 2.23. The zero-order chi connectivity index (χ0) is 9.84. The number of nitrogens with one attached hydrogen (secondary N) is 1. The topological polar surface area (TPSA) is 31.9 Å². The lowest BCUT2D eigenvalue weighted by Gasteiger charge is -2.28. The van der Waals surface area contributed by atoms with Gasteiger partial charge in [-0.05, 0) is 19.5 Å². The smallest absolute Gasteiger partial charge is 0.123 e. The first kappa shape index (κ1) is 10.3. The minimum atomic E-state index is 0.403. The molecule has 1 rings (SSSR count). The van der Waals surface area contributed by atoms with E-state index in [2.05, 4.69) is 42.7 Å². The number of nitrogens with zero attached hydrogens (tertiary/aromatic N) is 2. The minimum Gasteiger partial charge on any atom is -0.347 e. The molecule has 0 fully saturated rings. The second-order valence-corrected chi connectivity index (χ2v) is 3.74. The second-order valence-electron chi connectivity index (χ2n) is 3.74. The Morgan fingerprint density at radius 3 is 2.62 bits per heavy atom. The zero-order valence-electron chi connectivity index (χ0n) is 8.91. The van der Waals surface area contributed by atoms with E-state index in [-0.39, 0.29) is 0 Å². The summed E-state index contributed by atoms with van der Waals surface area (Å²) < 4.78 is 0. The molecule has 0 saturated carbocycles. The highest BCUT2D eigenvalue weighted by molar-refractivity contribution is 4.97. The van der Waals surface area contributed by atoms with Crippen LogP contribution in [0.15, 0.2) is 12.4 Å². The fourth-order valence-electron chi connectivity index (χ4n) is 1.67. The van der Waals surface area contributed by atoms with Gasteiger partial charge in [-0.1, -0.05) is 20.8 Å². The van der Waals surface area contributed by atoms with Gasteiger partial charge < -0.3 is 4.98 Å². The number of imidazole rings is 1. The lowest BCUT2D eigenvalue weighted by Crippen LogP contribution is -2.29. The van der Waals surface area contributed by atoms with Gasteiger partial charge in [0.25, 0.3) is 0 Å². The molecule has 1 atom stereocenters. The first-order chi connectivity index (χ1) is 6.16. The first-order valence-electron chi connectivity index (χ1n) is 4.86. The van der Waals surface area contributed by atoms with E-state index in [1.807, 2.05) is 12.4 Å². The summed E-state index contributed by atoms with van der Waals surface area (Å²) >= 11 is 0. The average Bonchev–Trinajstić information content (AvgIpc) is 2.56. The van der Waals surface area contributed by atoms with Gasteiger partial charge in [-0.25, -0.2) is 4.98 Å². The van der Waals surface area contributed by atoms with Gasteiger partial charge in [0.05, 0.1) is 6.04 Å². The molecule has 1 N–H and O–H groups in total. The van der Waals surface area contributed by atoms with E-state index in [4.69, 9.17) is 0 Å². The Labute approximate surface area is 80.2 Å². The zero-order valence-corrected chi connectivity index (χ0v) is 8.91. The highest BCUT2D eigenvalue weighted by Gasteiger charge is 2.21. The number of aromatic amines is 1. The largest absolute Gasteiger partial charge is 0.347 e. The van der Waals surface area contributed by atoms with Crippen LogP contribution in [0, 0.1) is 5.92 Å². The van der Waals surface area contributed by atoms with E-state index in [1.54, 1.807) is 0 Å². The maximum absolute atomic E-state index is 4.31. The molecule has 3 heteroatoms. The van der Waals surface area contributed by atoms with Crippen LogP contribution in [-0.4, -0.2) is 28.5 Å². The molecular weight excluding hydrogens is 162 g/mol. The van der Waals surface area contributed by atoms with Gasteiger partial charge in [-0.15, -0.1) is 0 Å². The summed E-state index contributed by atoms with van der Waals surface area (Å²) in [6.45, 7) is 7.65. The molecule has 0 spiro atoms. The molecule has 0 bridgehead atoms. The van der Waals surface area contributed by atoms with Crippen molar-refractivity contribution >= 4 is 0 Å². The van der Waals surface area contributed by atoms with Gasteiger partial charge in [0, 0.05) is 12.4 Å². The summed E-state index contributed by atoms with van der Waals surface area (Å²) in [5.74, 6) is 1.65. The van der Waals surface area contributed by atoms with Gasteiger partial charge in [0.2, 0.25) is 0 Å². The Balaban J connectivity index is 2.80. The van der Waals surface area contributed by atoms with E-state index in [0.717, 1.165) is 12.4 Å². The van der Waals surface area contributed by atoms with Crippen LogP contribution in [0.25, 0.3) is 0 Å². The van der Waals surface area contributed by atoms with E-state index in [0.29, 0.717) is 12.0 Å². The number of hydrogen-bond acceptors (Lipinski definition) is 2. The van der Waals surface area contributed by atoms with Crippen LogP contribution in [0.5, 0.6) is 0 Å². The normalized spacial score (nSPS) is 14.0. The minimum absolute atomic E-state index is 0.403. The van der Waals surface area contributed by atoms with Crippen molar-refractivity contribution in [2.45, 2.75) is 26.8 Å². The molecule has 1 heterocycles. The van der Waals surface area contributed by atoms with Crippen LogP contribution in [0.1, 0.15) is 32.6 Å². The van der Waals surface area contributed by atoms with Crippen molar-refractivity contribution in [1.82, 2.24) is 14.9 Å². The number of hydrogen-bond donors (Lipinski definition) is 1. The van der Waals surface area contributed by atoms with Crippen LogP contribution in [0.2, 0.25) is 0 Å². The monoisotopic (exact) mass is 181 g/mol. The van der Waals surface area contributed by atoms with Gasteiger partial charge in [-0.2, -0.15) is 0 Å². The molecule has 0 radical (unpaired) electrons. The fraction of sp³-hybridized carbons (Fsp3) is 0.700. The fourth-order valence-corrected chi connectivity index (χ4v) is 1.67. The summed E-state index contributed by atoms with van der Waals surface area (Å²) in [5.41, 5.74) is 0. The van der Waals surface area contributed by atoms with Crippen molar-refractivity contribution in [2.75, 3.05) is 13.6 Å². The standard InChI is InChI=1S/C10H19N3/c1-5-13(4)9(8(2)3)10-11-6-7-12-10/h6-9H,5H2,1-4H3,(H,11,12)/t9-/m0/s1. The third-order valence-electron chi connectivity index (χ3n) is 2.40. The highest BCUT2D eigenvalue weighted by atomic mass is 15.2. The van der Waals surface area contributed by atoms with E-state index in [1.165, 1.54) is 0 Å². The summed E-state index contributed by atoms with van der Waals surface area (Å²) in [5, 5.41) is 0. The van der Waals surface area contributed by atoms with Gasteiger partial charge in [0.1, 0.15) is 5.82 Å². The molecular formula is C10H19N3. The van der Waals surface area contributed by atoms with E-state index in [9.17, 15) is 0 Å². The quantitative estimate of drug-likeness (QED) is 0.771. The van der Waals surface area contributed by atoms with Crippen molar-refractivity contribution in [2.24, 2.45) is 5.92 Å². The van der Waals surface area contributed by atoms with Crippen LogP contribution in [0.3, 0.4) is 0 Å². The predicted molar refractivity (Wildman–Crippen MR) is 54.5 cm³/mol. The van der Waals surface area contributed by atoms with Crippen molar-refractivity contribution < 1.29 is 0 Å². The Hall–Kier alpha value is -0.830. The summed E-state index contributed by atoms with van der Waals surface area (Å²) in [7, 11) is 2.13. The maximum Gasteiger partial charge on any atom is 0.123 e. The third kappa shape index (κ3) is 2.31. The third-order valence-corrected chi connectivity index (χ3v) is 2.40.